The number of benzene rings is 1. The number of aryl methyl sites for hydroxylation is 2. The highest BCUT2D eigenvalue weighted by Gasteiger charge is 2.32. The molecule has 0 bridgehead atoms. The van der Waals surface area contributed by atoms with Crippen molar-refractivity contribution in [2.75, 3.05) is 0 Å². The van der Waals surface area contributed by atoms with E-state index in [1.165, 1.54) is 22.6 Å². The van der Waals surface area contributed by atoms with Crippen molar-refractivity contribution in [3.05, 3.63) is 51.8 Å². The lowest BCUT2D eigenvalue weighted by molar-refractivity contribution is 0.1000. The van der Waals surface area contributed by atoms with Crippen molar-refractivity contribution in [1.82, 2.24) is 4.98 Å². The highest BCUT2D eigenvalue weighted by atomic mass is 35.5. The first-order chi connectivity index (χ1) is 13.2. The van der Waals surface area contributed by atoms with E-state index in [-0.39, 0.29) is 23.6 Å². The van der Waals surface area contributed by atoms with Gasteiger partial charge in [0.05, 0.1) is 11.3 Å². The zero-order valence-electron chi connectivity index (χ0n) is 17.1. The molecule has 2 heterocycles. The minimum Gasteiger partial charge on any atom is -0.366 e. The van der Waals surface area contributed by atoms with Crippen LogP contribution in [0.1, 0.15) is 53.7 Å². The minimum atomic E-state index is -0.519. The number of aromatic nitrogens is 1. The maximum Gasteiger partial charge on any atom is 0.251 e. The average Bonchev–Trinajstić information content (AvgIpc) is 2.96. The van der Waals surface area contributed by atoms with Gasteiger partial charge in [0.25, 0.3) is 5.91 Å². The highest BCUT2D eigenvalue weighted by molar-refractivity contribution is 7.19. The summed E-state index contributed by atoms with van der Waals surface area (Å²) in [4.78, 5) is 19.3. The Bertz CT molecular complexity index is 1100. The number of rotatable bonds is 2. The lowest BCUT2D eigenvalue weighted by atomic mass is 9.72. The summed E-state index contributed by atoms with van der Waals surface area (Å²) in [7, 11) is 0. The molecule has 1 aromatic carbocycles. The number of nitrogens with zero attached hydrogens (tertiary/aromatic N) is 1. The number of carbonyl (C=O) groups excluding carboxylic acids is 1. The van der Waals surface area contributed by atoms with Crippen LogP contribution < -0.4 is 5.73 Å². The van der Waals surface area contributed by atoms with E-state index in [9.17, 15) is 9.18 Å². The first-order valence-electron chi connectivity index (χ1n) is 9.67. The molecule has 0 saturated carbocycles. The Morgan fingerprint density at radius 3 is 2.66 bits per heavy atom. The molecule has 1 atom stereocenters. The van der Waals surface area contributed by atoms with E-state index in [0.717, 1.165) is 35.0 Å². The molecule has 0 radical (unpaired) electrons. The second-order valence-electron chi connectivity index (χ2n) is 8.81. The number of hydrogen-bond acceptors (Lipinski definition) is 3. The summed E-state index contributed by atoms with van der Waals surface area (Å²) in [6.07, 6.45) is 3.07. The fourth-order valence-corrected chi connectivity index (χ4v) is 5.75. The predicted molar refractivity (Wildman–Crippen MR) is 120 cm³/mol. The molecule has 6 heteroatoms. The van der Waals surface area contributed by atoms with Gasteiger partial charge in [0.15, 0.2) is 0 Å². The number of halogens is 2. The Morgan fingerprint density at radius 2 is 2.03 bits per heavy atom. The SMILES string of the molecule is Cc1nc2sc3c(c2c(-c2cccc(F)c2)c1C(N)=O)CCC(C(C)(C)C)C3.Cl. The van der Waals surface area contributed by atoms with Crippen molar-refractivity contribution in [3.63, 3.8) is 0 Å². The van der Waals surface area contributed by atoms with Crippen LogP contribution in [-0.2, 0) is 12.8 Å². The van der Waals surface area contributed by atoms with Gasteiger partial charge in [-0.2, -0.15) is 0 Å². The molecule has 2 N–H and O–H groups in total. The van der Waals surface area contributed by atoms with Gasteiger partial charge in [-0.3, -0.25) is 4.79 Å². The summed E-state index contributed by atoms with van der Waals surface area (Å²) in [6, 6.07) is 6.40. The van der Waals surface area contributed by atoms with Crippen molar-refractivity contribution in [3.8, 4) is 11.1 Å². The van der Waals surface area contributed by atoms with E-state index in [2.05, 4.69) is 20.8 Å². The molecule has 1 unspecified atom stereocenters. The molecule has 0 aliphatic heterocycles. The zero-order valence-corrected chi connectivity index (χ0v) is 18.8. The van der Waals surface area contributed by atoms with Crippen LogP contribution >= 0.6 is 23.7 Å². The molecule has 1 aliphatic rings. The average molecular weight is 433 g/mol. The van der Waals surface area contributed by atoms with Crippen molar-refractivity contribution < 1.29 is 9.18 Å². The molecule has 1 amide bonds. The molecule has 3 aromatic rings. The largest absolute Gasteiger partial charge is 0.366 e. The lowest BCUT2D eigenvalue weighted by Gasteiger charge is -2.33. The van der Waals surface area contributed by atoms with Crippen molar-refractivity contribution >= 4 is 39.9 Å². The maximum atomic E-state index is 14.0. The topological polar surface area (TPSA) is 56.0 Å². The normalized spacial score (nSPS) is 16.4. The van der Waals surface area contributed by atoms with E-state index >= 15 is 0 Å². The molecule has 154 valence electrons. The summed E-state index contributed by atoms with van der Waals surface area (Å²) in [5, 5.41) is 0.984. The van der Waals surface area contributed by atoms with E-state index in [1.807, 2.05) is 6.07 Å². The standard InChI is InChI=1S/C23H25FN2OS.ClH/c1-12-18(21(25)27)19(13-6-5-7-15(24)10-13)20-16-9-8-14(23(2,3)4)11-17(16)28-22(20)26-12;/h5-7,10,14H,8-9,11H2,1-4H3,(H2,25,27);1H. The summed E-state index contributed by atoms with van der Waals surface area (Å²) in [5.41, 5.74) is 9.67. The molecular weight excluding hydrogens is 407 g/mol. The van der Waals surface area contributed by atoms with Gasteiger partial charge < -0.3 is 5.73 Å². The van der Waals surface area contributed by atoms with Gasteiger partial charge >= 0.3 is 0 Å². The third-order valence-electron chi connectivity index (χ3n) is 5.96. The van der Waals surface area contributed by atoms with Crippen molar-refractivity contribution in [1.29, 1.82) is 0 Å². The second kappa shape index (κ2) is 7.69. The van der Waals surface area contributed by atoms with Crippen molar-refractivity contribution in [2.24, 2.45) is 17.1 Å². The van der Waals surface area contributed by atoms with E-state index in [4.69, 9.17) is 10.7 Å². The van der Waals surface area contributed by atoms with Gasteiger partial charge in [-0.1, -0.05) is 32.9 Å². The van der Waals surface area contributed by atoms with E-state index < -0.39 is 5.91 Å². The van der Waals surface area contributed by atoms with Crippen LogP contribution in [0, 0.1) is 24.1 Å². The van der Waals surface area contributed by atoms with Gasteiger partial charge in [0.1, 0.15) is 10.6 Å². The first-order valence-corrected chi connectivity index (χ1v) is 10.5. The second-order valence-corrected chi connectivity index (χ2v) is 9.90. The number of fused-ring (bicyclic) bond motifs is 3. The number of pyridine rings is 1. The quantitative estimate of drug-likeness (QED) is 0.533. The first kappa shape index (κ1) is 21.7. The molecule has 1 aliphatic carbocycles. The minimum absolute atomic E-state index is 0. The van der Waals surface area contributed by atoms with Crippen LogP contribution in [0.4, 0.5) is 4.39 Å². The van der Waals surface area contributed by atoms with Crippen LogP contribution in [0.3, 0.4) is 0 Å². The van der Waals surface area contributed by atoms with Crippen molar-refractivity contribution in [2.45, 2.75) is 47.0 Å². The Labute approximate surface area is 180 Å². The van der Waals surface area contributed by atoms with E-state index in [0.29, 0.717) is 22.7 Å². The number of hydrogen-bond donors (Lipinski definition) is 1. The molecule has 2 aromatic heterocycles. The third-order valence-corrected chi connectivity index (χ3v) is 7.11. The van der Waals surface area contributed by atoms with Gasteiger partial charge in [0.2, 0.25) is 0 Å². The zero-order chi connectivity index (χ0) is 20.2. The Balaban J connectivity index is 0.00000240. The van der Waals surface area contributed by atoms with Crippen LogP contribution in [0.15, 0.2) is 24.3 Å². The fraction of sp³-hybridized carbons (Fsp3) is 0.391. The fourth-order valence-electron chi connectivity index (χ4n) is 4.40. The molecule has 0 spiro atoms. The Hall–Kier alpha value is -1.98. The Kier molecular flexibility index (Phi) is 5.76. The number of amides is 1. The molecule has 29 heavy (non-hydrogen) atoms. The predicted octanol–water partition coefficient (Wildman–Crippen LogP) is 6.08. The van der Waals surface area contributed by atoms with Crippen LogP contribution in [0.2, 0.25) is 0 Å². The van der Waals surface area contributed by atoms with Gasteiger partial charge in [0, 0.05) is 15.8 Å². The van der Waals surface area contributed by atoms with Gasteiger partial charge in [-0.15, -0.1) is 23.7 Å². The lowest BCUT2D eigenvalue weighted by Crippen LogP contribution is -2.26. The van der Waals surface area contributed by atoms with Crippen LogP contribution in [0.5, 0.6) is 0 Å². The molecule has 3 nitrogen and oxygen atoms in total. The monoisotopic (exact) mass is 432 g/mol. The number of primary amides is 1. The van der Waals surface area contributed by atoms with Gasteiger partial charge in [-0.05, 0) is 60.8 Å². The summed E-state index contributed by atoms with van der Waals surface area (Å²) >= 11 is 1.71. The molecule has 0 fully saturated rings. The summed E-state index contributed by atoms with van der Waals surface area (Å²) in [6.45, 7) is 8.68. The highest BCUT2D eigenvalue weighted by Crippen LogP contribution is 2.46. The summed E-state index contributed by atoms with van der Waals surface area (Å²) in [5.74, 6) is -0.232. The summed E-state index contributed by atoms with van der Waals surface area (Å²) < 4.78 is 14.0. The van der Waals surface area contributed by atoms with Crippen LogP contribution in [-0.4, -0.2) is 10.9 Å². The van der Waals surface area contributed by atoms with Gasteiger partial charge in [-0.25, -0.2) is 9.37 Å². The molecule has 0 saturated heterocycles. The van der Waals surface area contributed by atoms with Crippen LogP contribution in [0.25, 0.3) is 21.3 Å². The van der Waals surface area contributed by atoms with E-state index in [1.54, 1.807) is 24.3 Å². The Morgan fingerprint density at radius 1 is 1.31 bits per heavy atom. The molecule has 4 rings (SSSR count). The smallest absolute Gasteiger partial charge is 0.251 e. The molecular formula is C23H26ClFN2OS. The number of carbonyl (C=O) groups is 1. The maximum absolute atomic E-state index is 14.0. The third kappa shape index (κ3) is 3.78. The number of nitrogens with two attached hydrogens (primary N) is 1. The number of thiophene rings is 1.